The van der Waals surface area contributed by atoms with E-state index in [1.54, 1.807) is 11.3 Å². The fourth-order valence-corrected chi connectivity index (χ4v) is 2.52. The minimum absolute atomic E-state index is 0.500. The van der Waals surface area contributed by atoms with Crippen molar-refractivity contribution < 1.29 is 14.9 Å². The molecule has 0 unspecified atom stereocenters. The SMILES string of the molecule is NC(O)=S.NC(O)=S.c1ccc(OCc2nc3ccccc3s2)cc1. The molecule has 0 aliphatic rings. The number of benzene rings is 2. The van der Waals surface area contributed by atoms with Gasteiger partial charge in [0.25, 0.3) is 10.3 Å². The van der Waals surface area contributed by atoms with Gasteiger partial charge < -0.3 is 26.4 Å². The van der Waals surface area contributed by atoms with Crippen LogP contribution < -0.4 is 16.2 Å². The fraction of sp³-hybridized carbons (Fsp3) is 0.0625. The maximum absolute atomic E-state index is 7.56. The first-order valence-corrected chi connectivity index (χ1v) is 8.51. The highest BCUT2D eigenvalue weighted by atomic mass is 32.1. The monoisotopic (exact) mass is 395 g/mol. The summed E-state index contributed by atoms with van der Waals surface area (Å²) < 4.78 is 6.88. The van der Waals surface area contributed by atoms with Crippen LogP contribution in [-0.2, 0) is 6.61 Å². The number of hydrogen-bond acceptors (Lipinski definition) is 5. The molecule has 25 heavy (non-hydrogen) atoms. The molecule has 6 N–H and O–H groups in total. The van der Waals surface area contributed by atoms with E-state index in [9.17, 15) is 0 Å². The summed E-state index contributed by atoms with van der Waals surface area (Å²) in [6.45, 7) is 0.531. The summed E-state index contributed by atoms with van der Waals surface area (Å²) >= 11 is 9.42. The molecule has 9 heteroatoms. The molecule has 0 saturated heterocycles. The first kappa shape index (κ1) is 20.6. The normalized spacial score (nSPS) is 9.12. The zero-order chi connectivity index (χ0) is 18.7. The van der Waals surface area contributed by atoms with E-state index in [1.807, 2.05) is 48.5 Å². The summed E-state index contributed by atoms with van der Waals surface area (Å²) in [5.41, 5.74) is 9.84. The van der Waals surface area contributed by atoms with E-state index in [-0.39, 0.29) is 0 Å². The van der Waals surface area contributed by atoms with Crippen molar-refractivity contribution in [3.05, 3.63) is 59.6 Å². The van der Waals surface area contributed by atoms with Gasteiger partial charge in [0.2, 0.25) is 0 Å². The van der Waals surface area contributed by atoms with Crippen molar-refractivity contribution in [3.63, 3.8) is 0 Å². The van der Waals surface area contributed by atoms with Crippen LogP contribution in [0, 0.1) is 0 Å². The second kappa shape index (κ2) is 11.1. The Morgan fingerprint density at radius 3 is 2.04 bits per heavy atom. The number of fused-ring (bicyclic) bond motifs is 1. The van der Waals surface area contributed by atoms with Crippen molar-refractivity contribution >= 4 is 56.3 Å². The number of aromatic nitrogens is 1. The van der Waals surface area contributed by atoms with E-state index in [4.69, 9.17) is 14.9 Å². The molecule has 3 aromatic rings. The van der Waals surface area contributed by atoms with Crippen LogP contribution in [0.3, 0.4) is 0 Å². The Hall–Kier alpha value is -2.49. The quantitative estimate of drug-likeness (QED) is 0.499. The van der Waals surface area contributed by atoms with Crippen LogP contribution in [0.1, 0.15) is 5.01 Å². The molecule has 0 aliphatic heterocycles. The molecule has 6 nitrogen and oxygen atoms in total. The number of para-hydroxylation sites is 2. The van der Waals surface area contributed by atoms with Crippen LogP contribution in [0.15, 0.2) is 54.6 Å². The molecule has 0 fully saturated rings. The smallest absolute Gasteiger partial charge is 0.251 e. The standard InChI is InChI=1S/C14H11NOS.2CH3NOS/c1-2-6-11(7-3-1)16-10-14-15-12-8-4-5-9-13(12)17-14;2*2-1(3)4/h1-9H,10H2;2*(H3,2,3,4). The van der Waals surface area contributed by atoms with Crippen molar-refractivity contribution in [2.75, 3.05) is 0 Å². The Bertz CT molecular complexity index is 757. The average molecular weight is 396 g/mol. The van der Waals surface area contributed by atoms with Gasteiger partial charge in [0.05, 0.1) is 10.2 Å². The van der Waals surface area contributed by atoms with Gasteiger partial charge >= 0.3 is 0 Å². The van der Waals surface area contributed by atoms with E-state index in [1.165, 1.54) is 4.70 Å². The Morgan fingerprint density at radius 1 is 0.960 bits per heavy atom. The second-order valence-electron chi connectivity index (χ2n) is 4.35. The first-order chi connectivity index (χ1) is 11.9. The van der Waals surface area contributed by atoms with E-state index >= 15 is 0 Å². The van der Waals surface area contributed by atoms with Gasteiger partial charge in [-0.2, -0.15) is 0 Å². The first-order valence-electron chi connectivity index (χ1n) is 6.87. The molecular formula is C16H17N3O3S3. The summed E-state index contributed by atoms with van der Waals surface area (Å²) in [5.74, 6) is 0.881. The molecule has 0 bridgehead atoms. The zero-order valence-electron chi connectivity index (χ0n) is 13.0. The van der Waals surface area contributed by atoms with Crippen LogP contribution in [0.25, 0.3) is 10.2 Å². The van der Waals surface area contributed by atoms with Crippen molar-refractivity contribution in [3.8, 4) is 5.75 Å². The predicted molar refractivity (Wildman–Crippen MR) is 109 cm³/mol. The number of nitrogens with two attached hydrogens (primary N) is 2. The molecule has 132 valence electrons. The maximum Gasteiger partial charge on any atom is 0.251 e. The number of thiocarbonyl (C=S) groups is 2. The van der Waals surface area contributed by atoms with E-state index in [0.29, 0.717) is 6.61 Å². The molecule has 1 aromatic heterocycles. The Kier molecular flexibility index (Phi) is 9.15. The highest BCUT2D eigenvalue weighted by Crippen LogP contribution is 2.22. The lowest BCUT2D eigenvalue weighted by Gasteiger charge is -2.02. The number of hydrogen-bond donors (Lipinski definition) is 4. The summed E-state index contributed by atoms with van der Waals surface area (Å²) in [6, 6.07) is 18.0. The van der Waals surface area contributed by atoms with Gasteiger partial charge in [-0.3, -0.25) is 0 Å². The Balaban J connectivity index is 0.000000333. The summed E-state index contributed by atoms with van der Waals surface area (Å²) in [5, 5.41) is 15.1. The molecule has 3 rings (SSSR count). The van der Waals surface area contributed by atoms with Gasteiger partial charge in [-0.25, -0.2) is 4.98 Å². The summed E-state index contributed by atoms with van der Waals surface area (Å²) in [4.78, 5) is 4.52. The molecule has 1 heterocycles. The highest BCUT2D eigenvalue weighted by Gasteiger charge is 2.03. The maximum atomic E-state index is 7.56. The van der Waals surface area contributed by atoms with Crippen molar-refractivity contribution in [2.24, 2.45) is 11.5 Å². The molecule has 0 aliphatic carbocycles. The summed E-state index contributed by atoms with van der Waals surface area (Å²) in [7, 11) is 0. The molecule has 0 spiro atoms. The second-order valence-corrected chi connectivity index (χ2v) is 6.31. The highest BCUT2D eigenvalue weighted by molar-refractivity contribution is 7.80. The number of rotatable bonds is 3. The van der Waals surface area contributed by atoms with Crippen LogP contribution in [0.5, 0.6) is 5.75 Å². The van der Waals surface area contributed by atoms with Crippen molar-refractivity contribution in [1.29, 1.82) is 0 Å². The lowest BCUT2D eigenvalue weighted by Crippen LogP contribution is -2.03. The Labute approximate surface area is 159 Å². The average Bonchev–Trinajstić information content (AvgIpc) is 2.96. The number of nitrogens with zero attached hydrogens (tertiary/aromatic N) is 1. The minimum Gasteiger partial charge on any atom is -0.487 e. The lowest BCUT2D eigenvalue weighted by molar-refractivity contribution is 0.306. The fourth-order valence-electron chi connectivity index (χ4n) is 1.64. The van der Waals surface area contributed by atoms with Crippen LogP contribution in [-0.4, -0.2) is 25.5 Å². The lowest BCUT2D eigenvalue weighted by atomic mass is 10.3. The van der Waals surface area contributed by atoms with Gasteiger partial charge in [-0.05, 0) is 48.7 Å². The number of aliphatic hydroxyl groups is 2. The molecular weight excluding hydrogens is 378 g/mol. The number of aliphatic hydroxyl groups excluding tert-OH is 2. The van der Waals surface area contributed by atoms with Gasteiger partial charge in [0.15, 0.2) is 0 Å². The van der Waals surface area contributed by atoms with Crippen molar-refractivity contribution in [2.45, 2.75) is 6.61 Å². The van der Waals surface area contributed by atoms with E-state index < -0.39 is 10.3 Å². The zero-order valence-corrected chi connectivity index (χ0v) is 15.5. The largest absolute Gasteiger partial charge is 0.487 e. The van der Waals surface area contributed by atoms with E-state index in [0.717, 1.165) is 16.3 Å². The van der Waals surface area contributed by atoms with Gasteiger partial charge in [0.1, 0.15) is 17.4 Å². The summed E-state index contributed by atoms with van der Waals surface area (Å²) in [6.07, 6.45) is 0. The predicted octanol–water partition coefficient (Wildman–Crippen LogP) is 3.45. The number of ether oxygens (including phenoxy) is 1. The topological polar surface area (TPSA) is 115 Å². The third kappa shape index (κ3) is 9.40. The molecule has 0 atom stereocenters. The van der Waals surface area contributed by atoms with Gasteiger partial charge in [-0.1, -0.05) is 30.3 Å². The van der Waals surface area contributed by atoms with Crippen molar-refractivity contribution in [1.82, 2.24) is 4.98 Å². The molecule has 2 aromatic carbocycles. The third-order valence-electron chi connectivity index (χ3n) is 2.44. The van der Waals surface area contributed by atoms with Crippen LogP contribution in [0.2, 0.25) is 0 Å². The molecule has 0 radical (unpaired) electrons. The third-order valence-corrected chi connectivity index (χ3v) is 3.45. The molecule has 0 amide bonds. The Morgan fingerprint density at radius 2 is 1.48 bits per heavy atom. The van der Waals surface area contributed by atoms with Crippen LogP contribution >= 0.6 is 35.8 Å². The molecule has 0 saturated carbocycles. The van der Waals surface area contributed by atoms with Gasteiger partial charge in [-0.15, -0.1) is 11.3 Å². The van der Waals surface area contributed by atoms with Gasteiger partial charge in [0, 0.05) is 0 Å². The van der Waals surface area contributed by atoms with Crippen LogP contribution in [0.4, 0.5) is 0 Å². The van der Waals surface area contributed by atoms with E-state index in [2.05, 4.69) is 47.0 Å². The number of thiazole rings is 1. The minimum atomic E-state index is -0.500.